The van der Waals surface area contributed by atoms with E-state index >= 15 is 0 Å². The summed E-state index contributed by atoms with van der Waals surface area (Å²) in [5.41, 5.74) is 2.97. The third kappa shape index (κ3) is 2.90. The summed E-state index contributed by atoms with van der Waals surface area (Å²) in [4.78, 5) is 0. The van der Waals surface area contributed by atoms with E-state index < -0.39 is 6.10 Å². The first-order valence-corrected chi connectivity index (χ1v) is 7.33. The number of aromatic nitrogens is 2. The minimum atomic E-state index is -0.655. The molecule has 0 aliphatic heterocycles. The molecule has 0 saturated heterocycles. The normalized spacial score (nSPS) is 12.9. The van der Waals surface area contributed by atoms with E-state index in [1.165, 1.54) is 5.56 Å². The van der Waals surface area contributed by atoms with Crippen molar-refractivity contribution in [3.63, 3.8) is 0 Å². The molecule has 102 valence electrons. The molecule has 1 aromatic carbocycles. The van der Waals surface area contributed by atoms with Gasteiger partial charge in [0.1, 0.15) is 6.10 Å². The highest BCUT2D eigenvalue weighted by atomic mass is 79.9. The minimum Gasteiger partial charge on any atom is -0.382 e. The van der Waals surface area contributed by atoms with Crippen molar-refractivity contribution < 1.29 is 5.11 Å². The van der Waals surface area contributed by atoms with E-state index in [0.29, 0.717) is 5.92 Å². The van der Waals surface area contributed by atoms with Gasteiger partial charge in [-0.05, 0) is 39.9 Å². The van der Waals surface area contributed by atoms with E-state index in [2.05, 4.69) is 47.0 Å². The standard InChI is InChI=1S/C15H19BrN2O/c1-4-18-14(13(16)9-17-18)15(19)12-7-5-11(6-8-12)10(2)3/h5-10,15,19H,4H2,1-3H3. The Labute approximate surface area is 122 Å². The predicted octanol–water partition coefficient (Wildman–Crippen LogP) is 3.87. The molecule has 0 fully saturated rings. The highest BCUT2D eigenvalue weighted by molar-refractivity contribution is 9.10. The predicted molar refractivity (Wildman–Crippen MR) is 80.2 cm³/mol. The summed E-state index contributed by atoms with van der Waals surface area (Å²) < 4.78 is 2.65. The molecular weight excluding hydrogens is 304 g/mol. The summed E-state index contributed by atoms with van der Waals surface area (Å²) in [5, 5.41) is 14.7. The monoisotopic (exact) mass is 322 g/mol. The molecule has 0 aliphatic rings. The molecule has 0 saturated carbocycles. The van der Waals surface area contributed by atoms with Crippen molar-refractivity contribution in [2.45, 2.75) is 39.3 Å². The molecule has 19 heavy (non-hydrogen) atoms. The second-order valence-corrected chi connectivity index (χ2v) is 5.77. The van der Waals surface area contributed by atoms with Crippen LogP contribution in [0.25, 0.3) is 0 Å². The number of hydrogen-bond acceptors (Lipinski definition) is 2. The van der Waals surface area contributed by atoms with Gasteiger partial charge in [0, 0.05) is 6.54 Å². The Balaban J connectivity index is 2.33. The quantitative estimate of drug-likeness (QED) is 0.927. The van der Waals surface area contributed by atoms with E-state index in [1.54, 1.807) is 6.20 Å². The van der Waals surface area contributed by atoms with Crippen molar-refractivity contribution in [3.05, 3.63) is 51.8 Å². The number of aryl methyl sites for hydroxylation is 1. The van der Waals surface area contributed by atoms with Crippen LogP contribution in [-0.2, 0) is 6.54 Å². The first kappa shape index (κ1) is 14.3. The topological polar surface area (TPSA) is 38.0 Å². The lowest BCUT2D eigenvalue weighted by molar-refractivity contribution is 0.207. The fourth-order valence-corrected chi connectivity index (χ4v) is 2.63. The molecule has 1 unspecified atom stereocenters. The number of rotatable bonds is 4. The number of aliphatic hydroxyl groups excluding tert-OH is 1. The Kier molecular flexibility index (Phi) is 4.42. The van der Waals surface area contributed by atoms with E-state index in [0.717, 1.165) is 22.3 Å². The largest absolute Gasteiger partial charge is 0.382 e. The van der Waals surface area contributed by atoms with Gasteiger partial charge in [0.25, 0.3) is 0 Å². The molecule has 1 N–H and O–H groups in total. The SMILES string of the molecule is CCn1ncc(Br)c1C(O)c1ccc(C(C)C)cc1. The summed E-state index contributed by atoms with van der Waals surface area (Å²) in [6.07, 6.45) is 1.07. The van der Waals surface area contributed by atoms with Crippen LogP contribution in [0.3, 0.4) is 0 Å². The Morgan fingerprint density at radius 2 is 1.79 bits per heavy atom. The van der Waals surface area contributed by atoms with Crippen molar-refractivity contribution >= 4 is 15.9 Å². The van der Waals surface area contributed by atoms with Crippen molar-refractivity contribution in [2.75, 3.05) is 0 Å². The molecule has 2 rings (SSSR count). The van der Waals surface area contributed by atoms with Crippen LogP contribution in [0.2, 0.25) is 0 Å². The van der Waals surface area contributed by atoms with Crippen LogP contribution in [0.15, 0.2) is 34.9 Å². The average molecular weight is 323 g/mol. The van der Waals surface area contributed by atoms with Crippen LogP contribution in [0, 0.1) is 0 Å². The van der Waals surface area contributed by atoms with E-state index in [9.17, 15) is 5.11 Å². The van der Waals surface area contributed by atoms with Gasteiger partial charge in [0.05, 0.1) is 16.4 Å². The summed E-state index contributed by atoms with van der Waals surface area (Å²) in [7, 11) is 0. The average Bonchev–Trinajstić information content (AvgIpc) is 2.79. The maximum absolute atomic E-state index is 10.5. The maximum Gasteiger partial charge on any atom is 0.122 e. The van der Waals surface area contributed by atoms with E-state index in [-0.39, 0.29) is 0 Å². The maximum atomic E-state index is 10.5. The van der Waals surface area contributed by atoms with Gasteiger partial charge >= 0.3 is 0 Å². The van der Waals surface area contributed by atoms with Crippen LogP contribution in [0.5, 0.6) is 0 Å². The fourth-order valence-electron chi connectivity index (χ4n) is 2.12. The summed E-state index contributed by atoms with van der Waals surface area (Å²) in [6.45, 7) is 7.07. The zero-order valence-corrected chi connectivity index (χ0v) is 13.1. The van der Waals surface area contributed by atoms with Crippen molar-refractivity contribution in [1.29, 1.82) is 0 Å². The molecule has 0 spiro atoms. The fraction of sp³-hybridized carbons (Fsp3) is 0.400. The van der Waals surface area contributed by atoms with Gasteiger partial charge in [0.2, 0.25) is 0 Å². The molecule has 0 radical (unpaired) electrons. The van der Waals surface area contributed by atoms with Gasteiger partial charge in [0.15, 0.2) is 0 Å². The van der Waals surface area contributed by atoms with Crippen LogP contribution >= 0.6 is 15.9 Å². The van der Waals surface area contributed by atoms with Gasteiger partial charge in [-0.3, -0.25) is 4.68 Å². The lowest BCUT2D eigenvalue weighted by atomic mass is 9.99. The highest BCUT2D eigenvalue weighted by Crippen LogP contribution is 2.29. The number of benzene rings is 1. The number of nitrogens with zero attached hydrogens (tertiary/aromatic N) is 2. The molecule has 1 aromatic heterocycles. The second-order valence-electron chi connectivity index (χ2n) is 4.92. The third-order valence-corrected chi connectivity index (χ3v) is 3.92. The molecule has 2 aromatic rings. The third-order valence-electron chi connectivity index (χ3n) is 3.31. The van der Waals surface area contributed by atoms with Crippen molar-refractivity contribution in [2.24, 2.45) is 0 Å². The van der Waals surface area contributed by atoms with Crippen LogP contribution in [-0.4, -0.2) is 14.9 Å². The zero-order valence-electron chi connectivity index (χ0n) is 11.5. The van der Waals surface area contributed by atoms with Gasteiger partial charge in [-0.2, -0.15) is 5.10 Å². The molecule has 0 bridgehead atoms. The molecule has 0 aliphatic carbocycles. The van der Waals surface area contributed by atoms with Gasteiger partial charge in [-0.25, -0.2) is 0 Å². The van der Waals surface area contributed by atoms with Crippen LogP contribution in [0.4, 0.5) is 0 Å². The Bertz CT molecular complexity index is 546. The molecule has 0 amide bonds. The first-order valence-electron chi connectivity index (χ1n) is 6.53. The smallest absolute Gasteiger partial charge is 0.122 e. The molecular formula is C15H19BrN2O. The lowest BCUT2D eigenvalue weighted by Crippen LogP contribution is -2.09. The Hall–Kier alpha value is -1.13. The van der Waals surface area contributed by atoms with Crippen molar-refractivity contribution in [1.82, 2.24) is 9.78 Å². The zero-order chi connectivity index (χ0) is 14.0. The highest BCUT2D eigenvalue weighted by Gasteiger charge is 2.19. The lowest BCUT2D eigenvalue weighted by Gasteiger charge is -2.15. The van der Waals surface area contributed by atoms with Gasteiger partial charge in [-0.1, -0.05) is 38.1 Å². The Morgan fingerprint density at radius 3 is 2.32 bits per heavy atom. The van der Waals surface area contributed by atoms with Crippen LogP contribution < -0.4 is 0 Å². The summed E-state index contributed by atoms with van der Waals surface area (Å²) >= 11 is 3.45. The molecule has 3 nitrogen and oxygen atoms in total. The summed E-state index contributed by atoms with van der Waals surface area (Å²) in [5.74, 6) is 0.499. The van der Waals surface area contributed by atoms with E-state index in [4.69, 9.17) is 0 Å². The van der Waals surface area contributed by atoms with Crippen LogP contribution in [0.1, 0.15) is 49.6 Å². The minimum absolute atomic E-state index is 0.499. The number of halogens is 1. The van der Waals surface area contributed by atoms with Crippen molar-refractivity contribution in [3.8, 4) is 0 Å². The number of aliphatic hydroxyl groups is 1. The van der Waals surface area contributed by atoms with E-state index in [1.807, 2.05) is 23.7 Å². The molecule has 1 heterocycles. The second kappa shape index (κ2) is 5.88. The Morgan fingerprint density at radius 1 is 1.21 bits per heavy atom. The van der Waals surface area contributed by atoms with Gasteiger partial charge < -0.3 is 5.11 Å². The summed E-state index contributed by atoms with van der Waals surface area (Å²) in [6, 6.07) is 8.12. The molecule has 1 atom stereocenters. The number of hydrogen-bond donors (Lipinski definition) is 1. The first-order chi connectivity index (χ1) is 9.04. The molecule has 4 heteroatoms. The van der Waals surface area contributed by atoms with Gasteiger partial charge in [-0.15, -0.1) is 0 Å².